The van der Waals surface area contributed by atoms with E-state index < -0.39 is 17.9 Å². The molecule has 1 fully saturated rings. The highest BCUT2D eigenvalue weighted by Gasteiger charge is 2.53. The summed E-state index contributed by atoms with van der Waals surface area (Å²) in [4.78, 5) is 23.2. The molecule has 1 unspecified atom stereocenters. The zero-order valence-electron chi connectivity index (χ0n) is 22.7. The van der Waals surface area contributed by atoms with Gasteiger partial charge in [-0.25, -0.2) is 0 Å². The van der Waals surface area contributed by atoms with Gasteiger partial charge in [0.25, 0.3) is 0 Å². The number of hydrogen-bond donors (Lipinski definition) is 2. The highest BCUT2D eigenvalue weighted by atomic mass is 16.4. The first-order valence-corrected chi connectivity index (χ1v) is 14.4. The Morgan fingerprint density at radius 3 is 2.43 bits per heavy atom. The Bertz CT molecular complexity index is 898. The minimum atomic E-state index is -0.993. The molecule has 4 rings (SSSR count). The van der Waals surface area contributed by atoms with E-state index in [2.05, 4.69) is 40.7 Å². The molecule has 0 aromatic heterocycles. The van der Waals surface area contributed by atoms with E-state index in [0.717, 1.165) is 49.9 Å². The zero-order valence-corrected chi connectivity index (χ0v) is 22.7. The third-order valence-electron chi connectivity index (χ3n) is 11.0. The van der Waals surface area contributed by atoms with Crippen LogP contribution in [0.4, 0.5) is 0 Å². The van der Waals surface area contributed by atoms with E-state index in [4.69, 9.17) is 0 Å². The maximum atomic E-state index is 11.9. The Morgan fingerprint density at radius 2 is 1.77 bits per heavy atom. The molecule has 0 aromatic carbocycles. The monoisotopic (exact) mass is 484 g/mol. The van der Waals surface area contributed by atoms with Gasteiger partial charge in [-0.3, -0.25) is 9.59 Å². The van der Waals surface area contributed by atoms with Crippen LogP contribution in [0.5, 0.6) is 0 Å². The molecule has 0 heterocycles. The lowest BCUT2D eigenvalue weighted by Crippen LogP contribution is -2.44. The third kappa shape index (κ3) is 4.88. The molecule has 0 bridgehead atoms. The SMILES string of the molecule is CC(C)CCC[C@@H](C)[C@H]1CC=C2C3=C(CC[C@@]21C)[C@@]1(C)CC[C@H](C(CC(=O)O)C(=O)O)C[C@@H]1CC3. The highest BCUT2D eigenvalue weighted by Crippen LogP contribution is 2.65. The summed E-state index contributed by atoms with van der Waals surface area (Å²) in [6, 6.07) is 0. The van der Waals surface area contributed by atoms with Gasteiger partial charge in [-0.15, -0.1) is 0 Å². The van der Waals surface area contributed by atoms with Gasteiger partial charge in [-0.05, 0) is 103 Å². The second kappa shape index (κ2) is 10.1. The lowest BCUT2D eigenvalue weighted by molar-refractivity contribution is -0.151. The summed E-state index contributed by atoms with van der Waals surface area (Å²) in [5.74, 6) is 0.0940. The van der Waals surface area contributed by atoms with Gasteiger partial charge in [0.05, 0.1) is 12.3 Å². The fourth-order valence-corrected chi connectivity index (χ4v) is 8.84. The van der Waals surface area contributed by atoms with Crippen molar-refractivity contribution in [3.8, 4) is 0 Å². The average Bonchev–Trinajstić information content (AvgIpc) is 3.13. The molecule has 7 atom stereocenters. The van der Waals surface area contributed by atoms with E-state index in [-0.39, 0.29) is 17.8 Å². The summed E-state index contributed by atoms with van der Waals surface area (Å²) in [6.07, 6.45) is 15.0. The number of allylic oxidation sites excluding steroid dienone is 4. The van der Waals surface area contributed by atoms with Crippen molar-refractivity contribution < 1.29 is 19.8 Å². The molecule has 0 radical (unpaired) electrons. The van der Waals surface area contributed by atoms with Crippen LogP contribution in [0.25, 0.3) is 0 Å². The summed E-state index contributed by atoms with van der Waals surface area (Å²) in [6.45, 7) is 12.1. The second-order valence-corrected chi connectivity index (χ2v) is 13.4. The van der Waals surface area contributed by atoms with Crippen molar-refractivity contribution in [2.45, 2.75) is 112 Å². The number of rotatable bonds is 9. The smallest absolute Gasteiger partial charge is 0.307 e. The molecule has 0 spiro atoms. The van der Waals surface area contributed by atoms with Gasteiger partial charge >= 0.3 is 11.9 Å². The lowest BCUT2D eigenvalue weighted by Gasteiger charge is -2.54. The first-order chi connectivity index (χ1) is 16.5. The normalized spacial score (nSPS) is 36.2. The maximum absolute atomic E-state index is 11.9. The number of aliphatic carboxylic acids is 2. The van der Waals surface area contributed by atoms with Crippen molar-refractivity contribution in [3.63, 3.8) is 0 Å². The number of carboxylic acid groups (broad SMARTS) is 2. The summed E-state index contributed by atoms with van der Waals surface area (Å²) in [5, 5.41) is 19.0. The number of carbonyl (C=O) groups is 2. The van der Waals surface area contributed by atoms with Crippen LogP contribution in [0.3, 0.4) is 0 Å². The minimum absolute atomic E-state index is 0.0144. The number of carboxylic acids is 2. The Labute approximate surface area is 212 Å². The van der Waals surface area contributed by atoms with Gasteiger partial charge in [-0.2, -0.15) is 0 Å². The Balaban J connectivity index is 1.50. The van der Waals surface area contributed by atoms with Crippen LogP contribution in [-0.2, 0) is 9.59 Å². The average molecular weight is 485 g/mol. The summed E-state index contributed by atoms with van der Waals surface area (Å²) >= 11 is 0. The lowest BCUT2D eigenvalue weighted by atomic mass is 9.50. The standard InChI is InChI=1S/C31H48O4/c1-19(2)7-6-8-20(3)25-11-12-26-23-10-9-22-17-21(24(29(34)35)18-28(32)33)13-15-30(22,4)27(23)14-16-31(25,26)5/h12,19-22,24-25H,6-11,13-18H2,1-5H3,(H,32,33)(H,34,35)/t20-,21+,22+,24?,25-,30+,31-/m1/s1. The minimum Gasteiger partial charge on any atom is -0.481 e. The Hall–Kier alpha value is -1.58. The molecular weight excluding hydrogens is 436 g/mol. The van der Waals surface area contributed by atoms with Crippen molar-refractivity contribution >= 4 is 11.9 Å². The van der Waals surface area contributed by atoms with Crippen LogP contribution in [0, 0.1) is 46.3 Å². The van der Waals surface area contributed by atoms with E-state index in [0.29, 0.717) is 11.3 Å². The van der Waals surface area contributed by atoms with Gasteiger partial charge in [0.15, 0.2) is 0 Å². The molecule has 0 aliphatic heterocycles. The van der Waals surface area contributed by atoms with Crippen LogP contribution in [0.2, 0.25) is 0 Å². The van der Waals surface area contributed by atoms with Crippen molar-refractivity contribution in [2.24, 2.45) is 46.3 Å². The highest BCUT2D eigenvalue weighted by molar-refractivity contribution is 5.78. The van der Waals surface area contributed by atoms with Gasteiger partial charge in [-0.1, -0.05) is 65.5 Å². The van der Waals surface area contributed by atoms with E-state index >= 15 is 0 Å². The molecule has 0 aromatic rings. The van der Waals surface area contributed by atoms with E-state index in [9.17, 15) is 19.8 Å². The summed E-state index contributed by atoms with van der Waals surface area (Å²) in [7, 11) is 0. The first kappa shape index (κ1) is 26.5. The number of hydrogen-bond acceptors (Lipinski definition) is 2. The predicted octanol–water partition coefficient (Wildman–Crippen LogP) is 7.88. The molecule has 4 aliphatic carbocycles. The van der Waals surface area contributed by atoms with E-state index in [1.165, 1.54) is 38.5 Å². The van der Waals surface area contributed by atoms with Crippen molar-refractivity contribution in [3.05, 3.63) is 22.8 Å². The first-order valence-electron chi connectivity index (χ1n) is 14.4. The van der Waals surface area contributed by atoms with Crippen molar-refractivity contribution in [2.75, 3.05) is 0 Å². The Kier molecular flexibility index (Phi) is 7.61. The molecule has 35 heavy (non-hydrogen) atoms. The van der Waals surface area contributed by atoms with Gasteiger partial charge in [0, 0.05) is 0 Å². The van der Waals surface area contributed by atoms with Crippen LogP contribution < -0.4 is 0 Å². The molecule has 4 aliphatic rings. The fourth-order valence-electron chi connectivity index (χ4n) is 8.84. The van der Waals surface area contributed by atoms with Gasteiger partial charge in [0.2, 0.25) is 0 Å². The van der Waals surface area contributed by atoms with Crippen molar-refractivity contribution in [1.29, 1.82) is 0 Å². The van der Waals surface area contributed by atoms with Crippen LogP contribution in [0.1, 0.15) is 112 Å². The predicted molar refractivity (Wildman–Crippen MR) is 140 cm³/mol. The summed E-state index contributed by atoms with van der Waals surface area (Å²) in [5.41, 5.74) is 5.46. The molecule has 4 heteroatoms. The molecule has 2 N–H and O–H groups in total. The Morgan fingerprint density at radius 1 is 1.03 bits per heavy atom. The molecule has 4 nitrogen and oxygen atoms in total. The van der Waals surface area contributed by atoms with Crippen LogP contribution >= 0.6 is 0 Å². The summed E-state index contributed by atoms with van der Waals surface area (Å²) < 4.78 is 0. The zero-order chi connectivity index (χ0) is 25.5. The topological polar surface area (TPSA) is 74.6 Å². The van der Waals surface area contributed by atoms with Crippen LogP contribution in [-0.4, -0.2) is 22.2 Å². The van der Waals surface area contributed by atoms with Crippen molar-refractivity contribution in [1.82, 2.24) is 0 Å². The fraction of sp³-hybridized carbons (Fsp3) is 0.806. The maximum Gasteiger partial charge on any atom is 0.307 e. The van der Waals surface area contributed by atoms with Gasteiger partial charge in [0.1, 0.15) is 0 Å². The molecule has 196 valence electrons. The molecular formula is C31H48O4. The second-order valence-electron chi connectivity index (χ2n) is 13.4. The number of fused-ring (bicyclic) bond motifs is 4. The van der Waals surface area contributed by atoms with Gasteiger partial charge < -0.3 is 10.2 Å². The quantitative estimate of drug-likeness (QED) is 0.349. The van der Waals surface area contributed by atoms with Crippen LogP contribution in [0.15, 0.2) is 22.8 Å². The molecule has 1 saturated carbocycles. The van der Waals surface area contributed by atoms with E-state index in [1.54, 1.807) is 16.7 Å². The molecule has 0 saturated heterocycles. The largest absolute Gasteiger partial charge is 0.481 e. The third-order valence-corrected chi connectivity index (χ3v) is 11.0. The van der Waals surface area contributed by atoms with E-state index in [1.807, 2.05) is 0 Å². The molecule has 0 amide bonds.